The molecule has 0 atom stereocenters. The number of fused-ring (bicyclic) bond motifs is 1. The molecule has 0 saturated heterocycles. The van der Waals surface area contributed by atoms with Crippen LogP contribution in [0, 0.1) is 0 Å². The molecule has 2 N–H and O–H groups in total. The van der Waals surface area contributed by atoms with E-state index in [2.05, 4.69) is 0 Å². The second-order valence-corrected chi connectivity index (χ2v) is 3.12. The Morgan fingerprint density at radius 1 is 1.31 bits per heavy atom. The number of halogens is 1. The second-order valence-electron chi connectivity index (χ2n) is 2.73. The predicted octanol–water partition coefficient (Wildman–Crippen LogP) is 1.69. The molecule has 2 aromatic rings. The van der Waals surface area contributed by atoms with E-state index in [4.69, 9.17) is 17.3 Å². The van der Waals surface area contributed by atoms with E-state index in [9.17, 15) is 4.79 Å². The van der Waals surface area contributed by atoms with Crippen LogP contribution in [0.25, 0.3) is 5.52 Å². The Morgan fingerprint density at radius 2 is 2.00 bits per heavy atom. The van der Waals surface area contributed by atoms with Gasteiger partial charge in [-0.1, -0.05) is 11.6 Å². The van der Waals surface area contributed by atoms with Crippen molar-refractivity contribution in [3.05, 3.63) is 41.2 Å². The van der Waals surface area contributed by atoms with Crippen LogP contribution in [0.2, 0.25) is 5.15 Å². The van der Waals surface area contributed by atoms with Gasteiger partial charge in [0.1, 0.15) is 5.15 Å². The molecule has 0 radical (unpaired) electrons. The van der Waals surface area contributed by atoms with Gasteiger partial charge in [0.05, 0.1) is 5.56 Å². The molecule has 0 aliphatic heterocycles. The van der Waals surface area contributed by atoms with Gasteiger partial charge in [0, 0.05) is 11.7 Å². The van der Waals surface area contributed by atoms with Gasteiger partial charge in [-0.2, -0.15) is 0 Å². The highest BCUT2D eigenvalue weighted by Gasteiger charge is 2.03. The number of primary amides is 1. The van der Waals surface area contributed by atoms with E-state index in [-0.39, 0.29) is 0 Å². The summed E-state index contributed by atoms with van der Waals surface area (Å²) in [5.41, 5.74) is 6.52. The molecule has 66 valence electrons. The van der Waals surface area contributed by atoms with Gasteiger partial charge in [-0.3, -0.25) is 4.79 Å². The van der Waals surface area contributed by atoms with Gasteiger partial charge >= 0.3 is 0 Å². The fraction of sp³-hybridized carbons (Fsp3) is 0. The minimum absolute atomic E-state index is 0.450. The zero-order valence-electron chi connectivity index (χ0n) is 6.70. The van der Waals surface area contributed by atoms with Gasteiger partial charge in [0.2, 0.25) is 5.91 Å². The Balaban J connectivity index is 2.72. The molecule has 1 amide bonds. The average molecular weight is 195 g/mol. The Hall–Kier alpha value is -1.48. The molecule has 3 nitrogen and oxygen atoms in total. The highest BCUT2D eigenvalue weighted by molar-refractivity contribution is 6.30. The molecule has 0 aliphatic carbocycles. The topological polar surface area (TPSA) is 47.5 Å². The van der Waals surface area contributed by atoms with Crippen LogP contribution >= 0.6 is 11.6 Å². The minimum Gasteiger partial charge on any atom is -0.366 e. The molecule has 0 unspecified atom stereocenters. The molecule has 2 rings (SSSR count). The van der Waals surface area contributed by atoms with Crippen LogP contribution in [0.4, 0.5) is 0 Å². The van der Waals surface area contributed by atoms with Crippen LogP contribution in [-0.2, 0) is 0 Å². The Bertz CT molecular complexity index is 475. The summed E-state index contributed by atoms with van der Waals surface area (Å²) in [7, 11) is 0. The number of nitrogens with zero attached hydrogens (tertiary/aromatic N) is 1. The number of rotatable bonds is 1. The Morgan fingerprint density at radius 3 is 2.69 bits per heavy atom. The monoisotopic (exact) mass is 194 g/mol. The summed E-state index contributed by atoms with van der Waals surface area (Å²) in [6.45, 7) is 0. The molecular weight excluding hydrogens is 188 g/mol. The summed E-state index contributed by atoms with van der Waals surface area (Å²) < 4.78 is 1.71. The van der Waals surface area contributed by atoms with E-state index >= 15 is 0 Å². The summed E-state index contributed by atoms with van der Waals surface area (Å²) in [4.78, 5) is 10.8. The molecular formula is C9H7ClN2O. The van der Waals surface area contributed by atoms with E-state index in [1.54, 1.807) is 28.8 Å². The van der Waals surface area contributed by atoms with Crippen molar-refractivity contribution in [2.45, 2.75) is 0 Å². The summed E-state index contributed by atoms with van der Waals surface area (Å²) in [5.74, 6) is -0.452. The number of pyridine rings is 1. The fourth-order valence-electron chi connectivity index (χ4n) is 1.21. The third-order valence-electron chi connectivity index (χ3n) is 1.89. The predicted molar refractivity (Wildman–Crippen MR) is 50.9 cm³/mol. The number of aromatic nitrogens is 1. The molecule has 2 aromatic heterocycles. The first-order valence-corrected chi connectivity index (χ1v) is 4.13. The van der Waals surface area contributed by atoms with Gasteiger partial charge < -0.3 is 10.1 Å². The molecule has 0 aromatic carbocycles. The van der Waals surface area contributed by atoms with Crippen molar-refractivity contribution in [3.63, 3.8) is 0 Å². The van der Waals surface area contributed by atoms with Crippen molar-refractivity contribution in [2.75, 3.05) is 0 Å². The van der Waals surface area contributed by atoms with Crippen molar-refractivity contribution in [1.29, 1.82) is 0 Å². The number of amides is 1. The first kappa shape index (κ1) is 8.13. The van der Waals surface area contributed by atoms with Crippen LogP contribution in [0.3, 0.4) is 0 Å². The largest absolute Gasteiger partial charge is 0.366 e. The fourth-order valence-corrected chi connectivity index (χ4v) is 1.42. The number of hydrogen-bond acceptors (Lipinski definition) is 1. The Kier molecular flexibility index (Phi) is 1.74. The molecule has 0 fully saturated rings. The molecule has 2 heterocycles. The second kappa shape index (κ2) is 2.78. The van der Waals surface area contributed by atoms with Crippen LogP contribution in [0.1, 0.15) is 10.4 Å². The van der Waals surface area contributed by atoms with E-state index in [1.165, 1.54) is 0 Å². The van der Waals surface area contributed by atoms with Crippen LogP contribution in [0.5, 0.6) is 0 Å². The summed E-state index contributed by atoms with van der Waals surface area (Å²) >= 11 is 5.86. The standard InChI is InChI=1S/C9H7ClN2O/c10-8-4-3-7-2-1-6(9(11)13)5-12(7)8/h1-5H,(H2,11,13). The first-order chi connectivity index (χ1) is 6.18. The van der Waals surface area contributed by atoms with Crippen LogP contribution < -0.4 is 5.73 Å². The molecule has 0 spiro atoms. The highest BCUT2D eigenvalue weighted by atomic mass is 35.5. The van der Waals surface area contributed by atoms with Crippen molar-refractivity contribution in [2.24, 2.45) is 5.73 Å². The smallest absolute Gasteiger partial charge is 0.250 e. The minimum atomic E-state index is -0.452. The van der Waals surface area contributed by atoms with E-state index < -0.39 is 5.91 Å². The van der Waals surface area contributed by atoms with Crippen molar-refractivity contribution in [3.8, 4) is 0 Å². The molecule has 0 saturated carbocycles. The van der Waals surface area contributed by atoms with Crippen LogP contribution in [-0.4, -0.2) is 10.3 Å². The van der Waals surface area contributed by atoms with E-state index in [1.807, 2.05) is 6.07 Å². The maximum Gasteiger partial charge on any atom is 0.250 e. The normalized spacial score (nSPS) is 10.5. The van der Waals surface area contributed by atoms with Gasteiger partial charge in [0.15, 0.2) is 0 Å². The van der Waals surface area contributed by atoms with E-state index in [0.29, 0.717) is 10.7 Å². The molecule has 13 heavy (non-hydrogen) atoms. The molecule has 0 aliphatic rings. The lowest BCUT2D eigenvalue weighted by Gasteiger charge is -1.99. The number of hydrogen-bond donors (Lipinski definition) is 1. The molecule has 0 bridgehead atoms. The van der Waals surface area contributed by atoms with E-state index in [0.717, 1.165) is 5.52 Å². The van der Waals surface area contributed by atoms with Gasteiger partial charge in [-0.15, -0.1) is 0 Å². The quantitative estimate of drug-likeness (QED) is 0.738. The number of nitrogens with two attached hydrogens (primary N) is 1. The summed E-state index contributed by atoms with van der Waals surface area (Å²) in [6.07, 6.45) is 1.62. The lowest BCUT2D eigenvalue weighted by Crippen LogP contribution is -2.11. The summed E-state index contributed by atoms with van der Waals surface area (Å²) in [5, 5.41) is 0.568. The third kappa shape index (κ3) is 1.27. The average Bonchev–Trinajstić information content (AvgIpc) is 2.47. The lowest BCUT2D eigenvalue weighted by molar-refractivity contribution is 0.1000. The van der Waals surface area contributed by atoms with Crippen LogP contribution in [0.15, 0.2) is 30.5 Å². The maximum atomic E-state index is 10.8. The number of carbonyl (C=O) groups excluding carboxylic acids is 1. The van der Waals surface area contributed by atoms with Crippen molar-refractivity contribution < 1.29 is 4.79 Å². The maximum absolute atomic E-state index is 10.8. The zero-order valence-corrected chi connectivity index (χ0v) is 7.45. The first-order valence-electron chi connectivity index (χ1n) is 3.75. The van der Waals surface area contributed by atoms with Crippen molar-refractivity contribution in [1.82, 2.24) is 4.40 Å². The zero-order chi connectivity index (χ0) is 9.42. The van der Waals surface area contributed by atoms with Gasteiger partial charge in [0.25, 0.3) is 0 Å². The molecule has 4 heteroatoms. The van der Waals surface area contributed by atoms with Gasteiger partial charge in [-0.25, -0.2) is 0 Å². The Labute approximate surface area is 79.7 Å². The summed E-state index contributed by atoms with van der Waals surface area (Å²) in [6, 6.07) is 7.11. The highest BCUT2D eigenvalue weighted by Crippen LogP contribution is 2.15. The van der Waals surface area contributed by atoms with Crippen molar-refractivity contribution >= 4 is 23.0 Å². The van der Waals surface area contributed by atoms with Gasteiger partial charge in [-0.05, 0) is 24.3 Å². The lowest BCUT2D eigenvalue weighted by atomic mass is 10.2. The third-order valence-corrected chi connectivity index (χ3v) is 2.19. The number of carbonyl (C=O) groups is 1. The SMILES string of the molecule is NC(=O)c1ccc2ccc(Cl)n2c1.